The van der Waals surface area contributed by atoms with E-state index in [0.717, 1.165) is 11.8 Å². The molecule has 202 valence electrons. The number of likely N-dealkylation sites (tertiary alicyclic amines) is 1. The molecule has 1 atom stereocenters. The van der Waals surface area contributed by atoms with Crippen LogP contribution in [0.25, 0.3) is 11.1 Å². The number of sulfonamides is 1. The average molecular weight is 548 g/mol. The van der Waals surface area contributed by atoms with Crippen LogP contribution in [0, 0.1) is 5.92 Å². The third-order valence-electron chi connectivity index (χ3n) is 7.21. The van der Waals surface area contributed by atoms with Gasteiger partial charge in [-0.1, -0.05) is 24.3 Å². The average Bonchev–Trinajstić information content (AvgIpc) is 3.06. The maximum absolute atomic E-state index is 13.2. The molecule has 0 saturated carbocycles. The van der Waals surface area contributed by atoms with Crippen molar-refractivity contribution in [1.29, 1.82) is 0 Å². The van der Waals surface area contributed by atoms with E-state index in [0.29, 0.717) is 58.8 Å². The van der Waals surface area contributed by atoms with Crippen molar-refractivity contribution in [2.24, 2.45) is 11.7 Å². The molecule has 10 nitrogen and oxygen atoms in total. The van der Waals surface area contributed by atoms with Crippen LogP contribution >= 0.6 is 0 Å². The van der Waals surface area contributed by atoms with Crippen LogP contribution in [0.3, 0.4) is 0 Å². The van der Waals surface area contributed by atoms with Crippen LogP contribution in [0.4, 0.5) is 22.7 Å². The number of para-hydroxylation sites is 1. The molecule has 2 aliphatic heterocycles. The number of anilines is 4. The van der Waals surface area contributed by atoms with Crippen LogP contribution in [-0.4, -0.2) is 57.4 Å². The van der Waals surface area contributed by atoms with Crippen molar-refractivity contribution in [2.45, 2.75) is 12.8 Å². The van der Waals surface area contributed by atoms with Crippen molar-refractivity contribution in [3.63, 3.8) is 0 Å². The summed E-state index contributed by atoms with van der Waals surface area (Å²) in [6.07, 6.45) is 2.51. The smallest absolute Gasteiger partial charge is 0.257 e. The number of nitrogens with one attached hydrogen (secondary N) is 2. The lowest BCUT2D eigenvalue weighted by Gasteiger charge is -2.31. The van der Waals surface area contributed by atoms with E-state index >= 15 is 0 Å². The first-order valence-corrected chi connectivity index (χ1v) is 14.4. The second-order valence-electron chi connectivity index (χ2n) is 9.84. The molecule has 39 heavy (non-hydrogen) atoms. The van der Waals surface area contributed by atoms with Crippen LogP contribution in [0.2, 0.25) is 0 Å². The van der Waals surface area contributed by atoms with Gasteiger partial charge in [0.1, 0.15) is 0 Å². The van der Waals surface area contributed by atoms with Crippen molar-refractivity contribution in [3.8, 4) is 11.1 Å². The number of fused-ring (bicyclic) bond motifs is 2. The predicted octanol–water partition coefficient (Wildman–Crippen LogP) is 3.40. The van der Waals surface area contributed by atoms with Crippen LogP contribution in [0.5, 0.6) is 0 Å². The Morgan fingerprint density at radius 1 is 0.974 bits per heavy atom. The van der Waals surface area contributed by atoms with Gasteiger partial charge >= 0.3 is 0 Å². The van der Waals surface area contributed by atoms with Gasteiger partial charge in [-0.3, -0.25) is 18.7 Å². The summed E-state index contributed by atoms with van der Waals surface area (Å²) in [5, 5.41) is 6.17. The summed E-state index contributed by atoms with van der Waals surface area (Å²) in [4.78, 5) is 39.6. The number of primary amides is 1. The zero-order valence-corrected chi connectivity index (χ0v) is 22.4. The Bertz CT molecular complexity index is 1600. The molecule has 3 amide bonds. The highest BCUT2D eigenvalue weighted by atomic mass is 32.2. The van der Waals surface area contributed by atoms with E-state index < -0.39 is 15.9 Å². The number of hydrogen-bond donors (Lipinski definition) is 3. The van der Waals surface area contributed by atoms with Gasteiger partial charge in [-0.25, -0.2) is 8.42 Å². The van der Waals surface area contributed by atoms with E-state index in [2.05, 4.69) is 10.6 Å². The first-order valence-electron chi connectivity index (χ1n) is 12.5. The summed E-state index contributed by atoms with van der Waals surface area (Å²) >= 11 is 0. The summed E-state index contributed by atoms with van der Waals surface area (Å²) in [7, 11) is -1.99. The molecule has 2 heterocycles. The Labute approximate surface area is 226 Å². The zero-order chi connectivity index (χ0) is 27.9. The molecule has 3 aromatic carbocycles. The van der Waals surface area contributed by atoms with Gasteiger partial charge in [-0.05, 0) is 54.8 Å². The number of nitrogens with zero attached hydrogens (tertiary/aromatic N) is 2. The van der Waals surface area contributed by atoms with E-state index in [9.17, 15) is 22.8 Å². The molecular weight excluding hydrogens is 518 g/mol. The van der Waals surface area contributed by atoms with Gasteiger partial charge in [0.2, 0.25) is 15.9 Å². The molecular formula is C28H29N5O5S. The Kier molecular flexibility index (Phi) is 6.77. The number of benzene rings is 3. The lowest BCUT2D eigenvalue weighted by Crippen LogP contribution is -2.44. The Morgan fingerprint density at radius 2 is 1.74 bits per heavy atom. The number of carbonyl (C=O) groups excluding carboxylic acids is 3. The van der Waals surface area contributed by atoms with Crippen LogP contribution in [0.1, 0.15) is 33.6 Å². The normalized spacial score (nSPS) is 16.7. The highest BCUT2D eigenvalue weighted by molar-refractivity contribution is 7.92. The van der Waals surface area contributed by atoms with E-state index in [1.165, 1.54) is 11.4 Å². The van der Waals surface area contributed by atoms with Crippen molar-refractivity contribution < 1.29 is 22.8 Å². The molecule has 0 spiro atoms. The fourth-order valence-electron chi connectivity index (χ4n) is 4.99. The van der Waals surface area contributed by atoms with Gasteiger partial charge in [-0.15, -0.1) is 0 Å². The van der Waals surface area contributed by atoms with Gasteiger partial charge < -0.3 is 21.3 Å². The third kappa shape index (κ3) is 5.17. The summed E-state index contributed by atoms with van der Waals surface area (Å²) in [5.74, 6) is -1.35. The van der Waals surface area contributed by atoms with Crippen molar-refractivity contribution in [1.82, 2.24) is 4.90 Å². The van der Waals surface area contributed by atoms with Crippen LogP contribution in [-0.2, 0) is 14.8 Å². The minimum absolute atomic E-state index is 0.228. The topological polar surface area (TPSA) is 142 Å². The molecule has 2 aliphatic rings. The minimum atomic E-state index is -3.49. The number of rotatable bonds is 5. The predicted molar refractivity (Wildman–Crippen MR) is 151 cm³/mol. The van der Waals surface area contributed by atoms with Crippen molar-refractivity contribution >= 4 is 50.5 Å². The third-order valence-corrected chi connectivity index (χ3v) is 8.40. The molecule has 0 bridgehead atoms. The highest BCUT2D eigenvalue weighted by Gasteiger charge is 2.29. The summed E-state index contributed by atoms with van der Waals surface area (Å²) < 4.78 is 25.6. The molecule has 5 rings (SSSR count). The molecule has 0 aliphatic carbocycles. The number of piperidine rings is 1. The fourth-order valence-corrected chi connectivity index (χ4v) is 5.50. The summed E-state index contributed by atoms with van der Waals surface area (Å²) in [6.45, 7) is 0.814. The number of hydrogen-bond acceptors (Lipinski definition) is 6. The van der Waals surface area contributed by atoms with Gasteiger partial charge in [0, 0.05) is 31.3 Å². The molecule has 0 radical (unpaired) electrons. The maximum atomic E-state index is 13.2. The SMILES string of the molecule is CN(c1ccccc1-c1ccc2c(c1)Nc1ccc(C(=O)N3CCCC(C(N)=O)C3)cc1NC2=O)S(C)(=O)=O. The molecule has 3 aromatic rings. The standard InChI is InChI=1S/C28H29N5O5S/c1-32(39(2,37)38)25-8-4-3-7-20(25)17-9-11-21-23(14-17)30-22-12-10-18(15-24(22)31-27(21)35)28(36)33-13-5-6-19(16-33)26(29)34/h3-4,7-12,14-15,19,30H,5-6,13,16H2,1-2H3,(H2,29,34)(H,31,35). The minimum Gasteiger partial charge on any atom is -0.369 e. The molecule has 1 saturated heterocycles. The largest absolute Gasteiger partial charge is 0.369 e. The van der Waals surface area contributed by atoms with E-state index in [1.54, 1.807) is 53.4 Å². The second kappa shape index (κ2) is 10.1. The molecule has 1 unspecified atom stereocenters. The first-order chi connectivity index (χ1) is 18.5. The lowest BCUT2D eigenvalue weighted by atomic mass is 9.97. The van der Waals surface area contributed by atoms with E-state index in [1.807, 2.05) is 12.1 Å². The summed E-state index contributed by atoms with van der Waals surface area (Å²) in [6, 6.07) is 17.4. The Morgan fingerprint density at radius 3 is 2.49 bits per heavy atom. The molecule has 0 aromatic heterocycles. The first kappa shape index (κ1) is 26.2. The van der Waals surface area contributed by atoms with Crippen LogP contribution < -0.4 is 20.7 Å². The monoisotopic (exact) mass is 547 g/mol. The number of nitrogens with two attached hydrogens (primary N) is 1. The molecule has 11 heteroatoms. The molecule has 1 fully saturated rings. The van der Waals surface area contributed by atoms with Crippen molar-refractivity contribution in [2.75, 3.05) is 41.3 Å². The quantitative estimate of drug-likeness (QED) is 0.447. The van der Waals surface area contributed by atoms with E-state index in [-0.39, 0.29) is 24.3 Å². The summed E-state index contributed by atoms with van der Waals surface area (Å²) in [5.41, 5.74) is 9.78. The fraction of sp³-hybridized carbons (Fsp3) is 0.250. The lowest BCUT2D eigenvalue weighted by molar-refractivity contribution is -0.123. The van der Waals surface area contributed by atoms with Gasteiger partial charge in [0.05, 0.1) is 40.5 Å². The van der Waals surface area contributed by atoms with Crippen LogP contribution in [0.15, 0.2) is 60.7 Å². The second-order valence-corrected chi connectivity index (χ2v) is 11.9. The Balaban J connectivity index is 1.46. The number of amides is 3. The van der Waals surface area contributed by atoms with Gasteiger partial charge in [0.25, 0.3) is 11.8 Å². The molecule has 4 N–H and O–H groups in total. The highest BCUT2D eigenvalue weighted by Crippen LogP contribution is 2.38. The number of carbonyl (C=O) groups is 3. The van der Waals surface area contributed by atoms with Gasteiger partial charge in [0.15, 0.2) is 0 Å². The maximum Gasteiger partial charge on any atom is 0.257 e. The zero-order valence-electron chi connectivity index (χ0n) is 21.6. The van der Waals surface area contributed by atoms with Gasteiger partial charge in [-0.2, -0.15) is 0 Å². The van der Waals surface area contributed by atoms with E-state index in [4.69, 9.17) is 5.73 Å². The Hall–Kier alpha value is -4.38. The van der Waals surface area contributed by atoms with Crippen molar-refractivity contribution in [3.05, 3.63) is 71.8 Å².